The largest absolute Gasteiger partial charge is 0.483 e. The Hall–Kier alpha value is -1.88. The molecule has 21 heavy (non-hydrogen) atoms. The summed E-state index contributed by atoms with van der Waals surface area (Å²) in [4.78, 5) is 4.32. The topological polar surface area (TPSA) is 60.2 Å². The van der Waals surface area contributed by atoms with Crippen LogP contribution >= 0.6 is 0 Å². The average molecular weight is 289 g/mol. The third-order valence-corrected chi connectivity index (χ3v) is 3.18. The summed E-state index contributed by atoms with van der Waals surface area (Å²) in [5.74, 6) is 2.17. The maximum Gasteiger partial charge on any atom is 0.264 e. The normalized spacial score (nSPS) is 10.8. The molecule has 0 spiro atoms. The van der Waals surface area contributed by atoms with Crippen LogP contribution in [-0.2, 0) is 19.6 Å². The van der Waals surface area contributed by atoms with Crippen molar-refractivity contribution in [1.82, 2.24) is 15.5 Å². The van der Waals surface area contributed by atoms with Gasteiger partial charge in [0.25, 0.3) is 5.89 Å². The molecule has 5 heteroatoms. The number of para-hydroxylation sites is 1. The lowest BCUT2D eigenvalue weighted by Crippen LogP contribution is -2.13. The molecule has 0 amide bonds. The Bertz CT molecular complexity index is 566. The van der Waals surface area contributed by atoms with E-state index in [2.05, 4.69) is 35.4 Å². The molecule has 0 bridgehead atoms. The van der Waals surface area contributed by atoms with Gasteiger partial charge in [0.1, 0.15) is 5.75 Å². The van der Waals surface area contributed by atoms with Crippen LogP contribution < -0.4 is 10.1 Å². The molecule has 1 N–H and O–H groups in total. The van der Waals surface area contributed by atoms with E-state index in [0.717, 1.165) is 48.6 Å². The number of aromatic nitrogens is 2. The van der Waals surface area contributed by atoms with Crippen molar-refractivity contribution in [3.05, 3.63) is 41.0 Å². The van der Waals surface area contributed by atoms with Gasteiger partial charge in [-0.2, -0.15) is 4.98 Å². The highest BCUT2D eigenvalue weighted by Gasteiger charge is 2.10. The van der Waals surface area contributed by atoms with E-state index in [1.807, 2.05) is 19.1 Å². The van der Waals surface area contributed by atoms with Crippen molar-refractivity contribution in [3.63, 3.8) is 0 Å². The highest BCUT2D eigenvalue weighted by Crippen LogP contribution is 2.24. The van der Waals surface area contributed by atoms with E-state index >= 15 is 0 Å². The maximum atomic E-state index is 5.91. The fourth-order valence-electron chi connectivity index (χ4n) is 2.13. The van der Waals surface area contributed by atoms with Gasteiger partial charge in [0, 0.05) is 18.5 Å². The monoisotopic (exact) mass is 289 g/mol. The molecule has 1 heterocycles. The second-order valence-corrected chi connectivity index (χ2v) is 4.99. The molecule has 0 aliphatic carbocycles. The lowest BCUT2D eigenvalue weighted by Gasteiger charge is -2.13. The van der Waals surface area contributed by atoms with Gasteiger partial charge < -0.3 is 14.6 Å². The van der Waals surface area contributed by atoms with Crippen molar-refractivity contribution in [1.29, 1.82) is 0 Å². The first-order valence-electron chi connectivity index (χ1n) is 7.48. The zero-order chi connectivity index (χ0) is 15.1. The Balaban J connectivity index is 2.04. The van der Waals surface area contributed by atoms with E-state index in [-0.39, 0.29) is 0 Å². The van der Waals surface area contributed by atoms with Gasteiger partial charge in [0.15, 0.2) is 12.4 Å². The number of benzene rings is 1. The fourth-order valence-corrected chi connectivity index (χ4v) is 2.13. The summed E-state index contributed by atoms with van der Waals surface area (Å²) in [6.07, 6.45) is 1.84. The molecule has 1 aromatic carbocycles. The van der Waals surface area contributed by atoms with Crippen LogP contribution in [0.25, 0.3) is 0 Å². The summed E-state index contributed by atoms with van der Waals surface area (Å²) in [6.45, 7) is 8.24. The number of ether oxygens (including phenoxy) is 1. The molecular formula is C16H23N3O2. The quantitative estimate of drug-likeness (QED) is 0.809. The minimum absolute atomic E-state index is 0.306. The zero-order valence-electron chi connectivity index (χ0n) is 13.0. The predicted molar refractivity (Wildman–Crippen MR) is 81.2 cm³/mol. The Morgan fingerprint density at radius 1 is 1.29 bits per heavy atom. The van der Waals surface area contributed by atoms with Crippen LogP contribution in [0, 0.1) is 6.92 Å². The van der Waals surface area contributed by atoms with Crippen LogP contribution in [-0.4, -0.2) is 16.7 Å². The van der Waals surface area contributed by atoms with Gasteiger partial charge in [-0.1, -0.05) is 37.2 Å². The maximum absolute atomic E-state index is 5.91. The van der Waals surface area contributed by atoms with Crippen molar-refractivity contribution in [2.75, 3.05) is 6.54 Å². The summed E-state index contributed by atoms with van der Waals surface area (Å²) < 4.78 is 11.1. The SMILES string of the molecule is CCCc1noc(COc2c(C)cccc2CNCC)n1. The average Bonchev–Trinajstić information content (AvgIpc) is 2.92. The number of aryl methyl sites for hydroxylation is 2. The molecule has 0 saturated carbocycles. The highest BCUT2D eigenvalue weighted by molar-refractivity contribution is 5.40. The van der Waals surface area contributed by atoms with Crippen molar-refractivity contribution >= 4 is 0 Å². The van der Waals surface area contributed by atoms with E-state index in [4.69, 9.17) is 9.26 Å². The molecule has 114 valence electrons. The fraction of sp³-hybridized carbons (Fsp3) is 0.500. The highest BCUT2D eigenvalue weighted by atomic mass is 16.5. The number of hydrogen-bond donors (Lipinski definition) is 1. The van der Waals surface area contributed by atoms with Gasteiger partial charge in [0.2, 0.25) is 0 Å². The Morgan fingerprint density at radius 2 is 2.14 bits per heavy atom. The summed E-state index contributed by atoms with van der Waals surface area (Å²) in [6, 6.07) is 6.16. The first-order chi connectivity index (χ1) is 10.2. The number of hydrogen-bond acceptors (Lipinski definition) is 5. The first kappa shape index (κ1) is 15.5. The van der Waals surface area contributed by atoms with Gasteiger partial charge in [-0.15, -0.1) is 0 Å². The van der Waals surface area contributed by atoms with Crippen LogP contribution in [0.2, 0.25) is 0 Å². The van der Waals surface area contributed by atoms with Gasteiger partial charge in [-0.3, -0.25) is 0 Å². The third-order valence-electron chi connectivity index (χ3n) is 3.18. The third kappa shape index (κ3) is 4.29. The molecule has 0 aliphatic heterocycles. The van der Waals surface area contributed by atoms with Crippen molar-refractivity contribution in [2.45, 2.75) is 46.8 Å². The van der Waals surface area contributed by atoms with E-state index in [9.17, 15) is 0 Å². The van der Waals surface area contributed by atoms with Crippen LogP contribution in [0.5, 0.6) is 5.75 Å². The molecule has 0 fully saturated rings. The molecule has 0 aliphatic rings. The zero-order valence-corrected chi connectivity index (χ0v) is 13.0. The minimum atomic E-state index is 0.306. The molecule has 2 rings (SSSR count). The molecule has 2 aromatic rings. The number of nitrogens with zero attached hydrogens (tertiary/aromatic N) is 2. The molecule has 5 nitrogen and oxygen atoms in total. The van der Waals surface area contributed by atoms with Crippen LogP contribution in [0.3, 0.4) is 0 Å². The van der Waals surface area contributed by atoms with E-state index < -0.39 is 0 Å². The van der Waals surface area contributed by atoms with Gasteiger partial charge in [-0.05, 0) is 25.5 Å². The molecule has 0 saturated heterocycles. The predicted octanol–water partition coefficient (Wildman–Crippen LogP) is 3.02. The minimum Gasteiger partial charge on any atom is -0.483 e. The lowest BCUT2D eigenvalue weighted by molar-refractivity contribution is 0.239. The van der Waals surface area contributed by atoms with E-state index in [1.54, 1.807) is 0 Å². The lowest BCUT2D eigenvalue weighted by atomic mass is 10.1. The Kier molecular flexibility index (Phi) is 5.75. The summed E-state index contributed by atoms with van der Waals surface area (Å²) in [5.41, 5.74) is 2.25. The van der Waals surface area contributed by atoms with Gasteiger partial charge in [-0.25, -0.2) is 0 Å². The van der Waals surface area contributed by atoms with E-state index in [0.29, 0.717) is 12.5 Å². The van der Waals surface area contributed by atoms with Crippen LogP contribution in [0.4, 0.5) is 0 Å². The number of rotatable bonds is 8. The van der Waals surface area contributed by atoms with Crippen molar-refractivity contribution in [3.8, 4) is 5.75 Å². The summed E-state index contributed by atoms with van der Waals surface area (Å²) in [5, 5.41) is 7.25. The molecule has 0 atom stereocenters. The van der Waals surface area contributed by atoms with Crippen LogP contribution in [0.1, 0.15) is 43.1 Å². The summed E-state index contributed by atoms with van der Waals surface area (Å²) >= 11 is 0. The molecule has 1 aromatic heterocycles. The van der Waals surface area contributed by atoms with Gasteiger partial charge >= 0.3 is 0 Å². The molecular weight excluding hydrogens is 266 g/mol. The Morgan fingerprint density at radius 3 is 2.90 bits per heavy atom. The Labute approximate surface area is 125 Å². The van der Waals surface area contributed by atoms with Crippen molar-refractivity contribution in [2.24, 2.45) is 0 Å². The standard InChI is InChI=1S/C16H23N3O2/c1-4-7-14-18-15(21-19-14)11-20-16-12(3)8-6-9-13(16)10-17-5-2/h6,8-9,17H,4-5,7,10-11H2,1-3H3. The second-order valence-electron chi connectivity index (χ2n) is 4.99. The second kappa shape index (κ2) is 7.78. The first-order valence-corrected chi connectivity index (χ1v) is 7.48. The van der Waals surface area contributed by atoms with Crippen molar-refractivity contribution < 1.29 is 9.26 Å². The smallest absolute Gasteiger partial charge is 0.264 e. The van der Waals surface area contributed by atoms with E-state index in [1.165, 1.54) is 0 Å². The van der Waals surface area contributed by atoms with Crippen LogP contribution in [0.15, 0.2) is 22.7 Å². The molecule has 0 radical (unpaired) electrons. The molecule has 0 unspecified atom stereocenters. The summed E-state index contributed by atoms with van der Waals surface area (Å²) in [7, 11) is 0. The van der Waals surface area contributed by atoms with Gasteiger partial charge in [0.05, 0.1) is 0 Å². The number of nitrogens with one attached hydrogen (secondary N) is 1.